The van der Waals surface area contributed by atoms with Gasteiger partial charge in [0.15, 0.2) is 0 Å². The number of halogens is 1. The first-order valence-electron chi connectivity index (χ1n) is 8.27. The molecule has 1 heterocycles. The first-order chi connectivity index (χ1) is 10.5. The van der Waals surface area contributed by atoms with Crippen LogP contribution in [-0.4, -0.2) is 48.4 Å². The second-order valence-corrected chi connectivity index (χ2v) is 6.58. The number of nitrogens with two attached hydrogens (primary N) is 1. The molecule has 0 saturated carbocycles. The van der Waals surface area contributed by atoms with Gasteiger partial charge >= 0.3 is 0 Å². The quantitative estimate of drug-likeness (QED) is 0.897. The van der Waals surface area contributed by atoms with E-state index in [0.717, 1.165) is 19.4 Å². The summed E-state index contributed by atoms with van der Waals surface area (Å²) in [4.78, 5) is 16.7. The number of carbonyl (C=O) groups is 1. The predicted octanol–water partition coefficient (Wildman–Crippen LogP) is 2.69. The summed E-state index contributed by atoms with van der Waals surface area (Å²) < 4.78 is 0. The largest absolute Gasteiger partial charge is 0.338 e. The molecule has 2 N–H and O–H groups in total. The van der Waals surface area contributed by atoms with Gasteiger partial charge < -0.3 is 10.6 Å². The minimum Gasteiger partial charge on any atom is -0.338 e. The molecular weight excluding hydrogens is 310 g/mol. The van der Waals surface area contributed by atoms with Gasteiger partial charge in [-0.1, -0.05) is 37.3 Å². The molecule has 1 amide bonds. The number of hydrogen-bond acceptors (Lipinski definition) is 3. The van der Waals surface area contributed by atoms with Crippen LogP contribution in [0.3, 0.4) is 0 Å². The van der Waals surface area contributed by atoms with Gasteiger partial charge in [0.2, 0.25) is 5.91 Å². The zero-order valence-electron chi connectivity index (χ0n) is 14.4. The van der Waals surface area contributed by atoms with E-state index in [9.17, 15) is 4.79 Å². The lowest BCUT2D eigenvalue weighted by molar-refractivity contribution is -0.134. The van der Waals surface area contributed by atoms with Crippen molar-refractivity contribution in [3.8, 4) is 0 Å². The third kappa shape index (κ3) is 5.20. The zero-order chi connectivity index (χ0) is 16.1. The highest BCUT2D eigenvalue weighted by molar-refractivity contribution is 5.85. The molecule has 0 bridgehead atoms. The number of hydrogen-bond donors (Lipinski definition) is 1. The van der Waals surface area contributed by atoms with Crippen molar-refractivity contribution in [2.24, 2.45) is 11.7 Å². The fourth-order valence-corrected chi connectivity index (χ4v) is 3.21. The maximum atomic E-state index is 12.6. The van der Waals surface area contributed by atoms with E-state index in [-0.39, 0.29) is 24.4 Å². The lowest BCUT2D eigenvalue weighted by Gasteiger charge is -2.38. The smallest absolute Gasteiger partial charge is 0.237 e. The second kappa shape index (κ2) is 9.26. The number of rotatable bonds is 5. The van der Waals surface area contributed by atoms with Gasteiger partial charge in [0.05, 0.1) is 12.6 Å². The van der Waals surface area contributed by atoms with E-state index < -0.39 is 0 Å². The molecule has 0 aromatic heterocycles. The van der Waals surface area contributed by atoms with Crippen molar-refractivity contribution in [2.75, 3.05) is 26.7 Å². The SMILES string of the molecule is CC1CCN(CC(=O)N(C)C(C)c2ccccc2)C(CN)C1.Cl. The summed E-state index contributed by atoms with van der Waals surface area (Å²) in [5.74, 6) is 0.880. The molecule has 1 saturated heterocycles. The van der Waals surface area contributed by atoms with Crippen LogP contribution in [0.2, 0.25) is 0 Å². The fourth-order valence-electron chi connectivity index (χ4n) is 3.21. The molecule has 4 nitrogen and oxygen atoms in total. The normalized spacial score (nSPS) is 23.0. The molecule has 23 heavy (non-hydrogen) atoms. The van der Waals surface area contributed by atoms with Crippen LogP contribution in [0.4, 0.5) is 0 Å². The highest BCUT2D eigenvalue weighted by Gasteiger charge is 2.28. The molecule has 0 spiro atoms. The average Bonchev–Trinajstić information content (AvgIpc) is 2.55. The molecule has 1 fully saturated rings. The van der Waals surface area contributed by atoms with E-state index in [0.29, 0.717) is 25.0 Å². The summed E-state index contributed by atoms with van der Waals surface area (Å²) in [7, 11) is 1.89. The van der Waals surface area contributed by atoms with E-state index in [2.05, 4.69) is 30.9 Å². The Bertz CT molecular complexity index is 482. The number of amides is 1. The van der Waals surface area contributed by atoms with Crippen molar-refractivity contribution in [3.63, 3.8) is 0 Å². The van der Waals surface area contributed by atoms with E-state index in [1.54, 1.807) is 0 Å². The summed E-state index contributed by atoms with van der Waals surface area (Å²) in [6.45, 7) is 6.43. The van der Waals surface area contributed by atoms with Crippen molar-refractivity contribution >= 4 is 18.3 Å². The Morgan fingerprint density at radius 1 is 1.39 bits per heavy atom. The lowest BCUT2D eigenvalue weighted by atomic mass is 9.92. The van der Waals surface area contributed by atoms with Crippen molar-refractivity contribution < 1.29 is 4.79 Å². The Morgan fingerprint density at radius 2 is 2.04 bits per heavy atom. The Morgan fingerprint density at radius 3 is 2.65 bits per heavy atom. The van der Waals surface area contributed by atoms with Gasteiger partial charge in [0.1, 0.15) is 0 Å². The molecule has 1 aliphatic rings. The summed E-state index contributed by atoms with van der Waals surface area (Å²) in [6.07, 6.45) is 2.25. The van der Waals surface area contributed by atoms with Crippen molar-refractivity contribution in [2.45, 2.75) is 38.8 Å². The number of nitrogens with zero attached hydrogens (tertiary/aromatic N) is 2. The predicted molar refractivity (Wildman–Crippen MR) is 97.7 cm³/mol. The molecule has 130 valence electrons. The van der Waals surface area contributed by atoms with Crippen LogP contribution in [0.15, 0.2) is 30.3 Å². The minimum atomic E-state index is 0. The number of likely N-dealkylation sites (N-methyl/N-ethyl adjacent to an activating group) is 1. The van der Waals surface area contributed by atoms with Crippen LogP contribution in [0, 0.1) is 5.92 Å². The molecule has 0 aliphatic carbocycles. The Labute approximate surface area is 146 Å². The molecule has 2 rings (SSSR count). The maximum Gasteiger partial charge on any atom is 0.237 e. The van der Waals surface area contributed by atoms with Gasteiger partial charge in [-0.3, -0.25) is 9.69 Å². The number of carbonyl (C=O) groups excluding carboxylic acids is 1. The lowest BCUT2D eigenvalue weighted by Crippen LogP contribution is -2.50. The van der Waals surface area contributed by atoms with Crippen molar-refractivity contribution in [1.29, 1.82) is 0 Å². The van der Waals surface area contributed by atoms with Crippen LogP contribution in [0.5, 0.6) is 0 Å². The van der Waals surface area contributed by atoms with Crippen LogP contribution in [-0.2, 0) is 4.79 Å². The molecule has 3 atom stereocenters. The van der Waals surface area contributed by atoms with Gasteiger partial charge in [-0.2, -0.15) is 0 Å². The Hall–Kier alpha value is -1.10. The fraction of sp³-hybridized carbons (Fsp3) is 0.611. The summed E-state index contributed by atoms with van der Waals surface area (Å²) in [5.41, 5.74) is 7.06. The summed E-state index contributed by atoms with van der Waals surface area (Å²) in [6, 6.07) is 10.6. The van der Waals surface area contributed by atoms with Gasteiger partial charge in [-0.15, -0.1) is 12.4 Å². The number of piperidine rings is 1. The second-order valence-electron chi connectivity index (χ2n) is 6.58. The molecule has 5 heteroatoms. The van der Waals surface area contributed by atoms with Gasteiger partial charge in [0, 0.05) is 19.6 Å². The summed E-state index contributed by atoms with van der Waals surface area (Å²) in [5, 5.41) is 0. The first kappa shape index (κ1) is 19.9. The van der Waals surface area contributed by atoms with Crippen molar-refractivity contribution in [1.82, 2.24) is 9.80 Å². The molecule has 1 aliphatic heterocycles. The molecule has 3 unspecified atom stereocenters. The van der Waals surface area contributed by atoms with E-state index in [4.69, 9.17) is 5.73 Å². The summed E-state index contributed by atoms with van der Waals surface area (Å²) >= 11 is 0. The molecule has 1 aromatic rings. The standard InChI is InChI=1S/C18H29N3O.ClH/c1-14-9-10-21(17(11-14)12-19)13-18(22)20(3)15(2)16-7-5-4-6-8-16;/h4-8,14-15,17H,9-13,19H2,1-3H3;1H. The van der Waals surface area contributed by atoms with Gasteiger partial charge in [-0.25, -0.2) is 0 Å². The van der Waals surface area contributed by atoms with Gasteiger partial charge in [0.25, 0.3) is 0 Å². The Balaban J connectivity index is 0.00000264. The average molecular weight is 340 g/mol. The van der Waals surface area contributed by atoms with Gasteiger partial charge in [-0.05, 0) is 37.8 Å². The monoisotopic (exact) mass is 339 g/mol. The highest BCUT2D eigenvalue weighted by atomic mass is 35.5. The van der Waals surface area contributed by atoms with Crippen LogP contribution >= 0.6 is 12.4 Å². The van der Waals surface area contributed by atoms with Crippen LogP contribution < -0.4 is 5.73 Å². The van der Waals surface area contributed by atoms with E-state index in [1.807, 2.05) is 30.1 Å². The first-order valence-corrected chi connectivity index (χ1v) is 8.27. The van der Waals surface area contributed by atoms with E-state index >= 15 is 0 Å². The topological polar surface area (TPSA) is 49.6 Å². The van der Waals surface area contributed by atoms with Crippen LogP contribution in [0.25, 0.3) is 0 Å². The molecule has 1 aromatic carbocycles. The third-order valence-corrected chi connectivity index (χ3v) is 4.97. The van der Waals surface area contributed by atoms with E-state index in [1.165, 1.54) is 5.56 Å². The highest BCUT2D eigenvalue weighted by Crippen LogP contribution is 2.23. The minimum absolute atomic E-state index is 0. The number of likely N-dealkylation sites (tertiary alicyclic amines) is 1. The maximum absolute atomic E-state index is 12.6. The third-order valence-electron chi connectivity index (χ3n) is 4.97. The Kier molecular flexibility index (Phi) is 8.03. The molecular formula is C18H30ClN3O. The zero-order valence-corrected chi connectivity index (χ0v) is 15.3. The van der Waals surface area contributed by atoms with Crippen molar-refractivity contribution in [3.05, 3.63) is 35.9 Å². The molecule has 0 radical (unpaired) electrons. The van der Waals surface area contributed by atoms with Crippen LogP contribution in [0.1, 0.15) is 38.3 Å². The number of benzene rings is 1.